The molecule has 2 N–H and O–H groups in total. The van der Waals surface area contributed by atoms with E-state index in [1.165, 1.54) is 0 Å². The largest absolute Gasteiger partial charge is 0.482 e. The van der Waals surface area contributed by atoms with E-state index in [4.69, 9.17) is 10.5 Å². The molecule has 0 aliphatic carbocycles. The van der Waals surface area contributed by atoms with Gasteiger partial charge < -0.3 is 20.3 Å². The number of amides is 1. The van der Waals surface area contributed by atoms with Crippen LogP contribution in [0.25, 0.3) is 0 Å². The first kappa shape index (κ1) is 10.9. The molecule has 0 bridgehead atoms. The number of likely N-dealkylation sites (N-methyl/N-ethyl adjacent to an activating group) is 1. The molecule has 94 valence electrons. The van der Waals surface area contributed by atoms with Crippen LogP contribution in [0.4, 0.5) is 11.4 Å². The van der Waals surface area contributed by atoms with Gasteiger partial charge in [0.2, 0.25) is 0 Å². The Balaban J connectivity index is 2.00. The highest BCUT2D eigenvalue weighted by molar-refractivity contribution is 6.00. The second kappa shape index (κ2) is 3.90. The van der Waals surface area contributed by atoms with Crippen LogP contribution in [0.1, 0.15) is 0 Å². The van der Waals surface area contributed by atoms with Crippen LogP contribution in [0.5, 0.6) is 5.75 Å². The van der Waals surface area contributed by atoms with E-state index in [0.717, 1.165) is 23.7 Å². The average molecular weight is 246 g/mol. The van der Waals surface area contributed by atoms with E-state index < -0.39 is 0 Å². The maximum absolute atomic E-state index is 11.6. The summed E-state index contributed by atoms with van der Waals surface area (Å²) in [5, 5.41) is 0. The number of carbonyl (C=O) groups excluding carboxylic acids is 1. The van der Waals surface area contributed by atoms with E-state index in [1.54, 1.807) is 11.9 Å². The quantitative estimate of drug-likeness (QED) is 0.767. The van der Waals surface area contributed by atoms with Crippen molar-refractivity contribution in [3.8, 4) is 5.75 Å². The zero-order valence-corrected chi connectivity index (χ0v) is 10.1. The lowest BCUT2D eigenvalue weighted by Crippen LogP contribution is -2.36. The molecular weight excluding hydrogens is 232 g/mol. The summed E-state index contributed by atoms with van der Waals surface area (Å²) in [6.45, 7) is 1.56. The smallest absolute Gasteiger partial charge is 0.264 e. The number of nitrogens with zero attached hydrogens (tertiary/aromatic N) is 3. The van der Waals surface area contributed by atoms with Crippen LogP contribution in [-0.2, 0) is 4.79 Å². The van der Waals surface area contributed by atoms with E-state index in [2.05, 4.69) is 4.99 Å². The minimum absolute atomic E-state index is 0.0530. The van der Waals surface area contributed by atoms with E-state index in [9.17, 15) is 4.79 Å². The Labute approximate surface area is 105 Å². The normalized spacial score (nSPS) is 18.5. The lowest BCUT2D eigenvalue weighted by atomic mass is 10.2. The molecule has 0 saturated carbocycles. The molecule has 0 unspecified atom stereocenters. The van der Waals surface area contributed by atoms with Gasteiger partial charge in [-0.3, -0.25) is 9.79 Å². The van der Waals surface area contributed by atoms with Gasteiger partial charge in [-0.2, -0.15) is 0 Å². The molecular formula is C12H14N4O2. The number of rotatable bonds is 1. The maximum Gasteiger partial charge on any atom is 0.264 e. The van der Waals surface area contributed by atoms with Crippen molar-refractivity contribution in [1.29, 1.82) is 0 Å². The van der Waals surface area contributed by atoms with Gasteiger partial charge in [-0.05, 0) is 18.2 Å². The van der Waals surface area contributed by atoms with E-state index in [1.807, 2.05) is 23.1 Å². The van der Waals surface area contributed by atoms with Gasteiger partial charge in [0.15, 0.2) is 12.6 Å². The van der Waals surface area contributed by atoms with Crippen molar-refractivity contribution < 1.29 is 9.53 Å². The third kappa shape index (κ3) is 1.57. The molecule has 0 aromatic heterocycles. The highest BCUT2D eigenvalue weighted by Gasteiger charge is 2.24. The highest BCUT2D eigenvalue weighted by Crippen LogP contribution is 2.35. The number of hydrogen-bond acceptors (Lipinski definition) is 5. The van der Waals surface area contributed by atoms with Crippen LogP contribution in [0.2, 0.25) is 0 Å². The Morgan fingerprint density at radius 1 is 1.44 bits per heavy atom. The number of nitrogens with two attached hydrogens (primary N) is 1. The fraction of sp³-hybridized carbons (Fsp3) is 0.333. The Hall–Kier alpha value is -2.24. The summed E-state index contributed by atoms with van der Waals surface area (Å²) in [5.74, 6) is 1.18. The van der Waals surface area contributed by atoms with Gasteiger partial charge in [0.1, 0.15) is 5.75 Å². The fourth-order valence-electron chi connectivity index (χ4n) is 2.15. The summed E-state index contributed by atoms with van der Waals surface area (Å²) in [6.07, 6.45) is 0. The molecule has 1 amide bonds. The fourth-order valence-corrected chi connectivity index (χ4v) is 2.15. The lowest BCUT2D eigenvalue weighted by Gasteiger charge is -2.28. The van der Waals surface area contributed by atoms with E-state index in [0.29, 0.717) is 12.5 Å². The highest BCUT2D eigenvalue weighted by atomic mass is 16.5. The Morgan fingerprint density at radius 3 is 3.00 bits per heavy atom. The van der Waals surface area contributed by atoms with Crippen LogP contribution in [0.3, 0.4) is 0 Å². The van der Waals surface area contributed by atoms with Gasteiger partial charge in [-0.1, -0.05) is 0 Å². The number of fused-ring (bicyclic) bond motifs is 1. The number of anilines is 2. The third-order valence-electron chi connectivity index (χ3n) is 3.21. The number of guanidine groups is 1. The van der Waals surface area contributed by atoms with E-state index >= 15 is 0 Å². The van der Waals surface area contributed by atoms with E-state index in [-0.39, 0.29) is 12.5 Å². The maximum atomic E-state index is 11.6. The minimum atomic E-state index is -0.0530. The van der Waals surface area contributed by atoms with Gasteiger partial charge in [-0.25, -0.2) is 0 Å². The zero-order valence-electron chi connectivity index (χ0n) is 10.1. The van der Waals surface area contributed by atoms with Gasteiger partial charge >= 0.3 is 0 Å². The van der Waals surface area contributed by atoms with Gasteiger partial charge in [-0.15, -0.1) is 0 Å². The first-order valence-corrected chi connectivity index (χ1v) is 5.77. The van der Waals surface area contributed by atoms with Crippen molar-refractivity contribution in [3.05, 3.63) is 18.2 Å². The first-order valence-electron chi connectivity index (χ1n) is 5.77. The molecule has 2 heterocycles. The monoisotopic (exact) mass is 246 g/mol. The topological polar surface area (TPSA) is 71.2 Å². The molecule has 1 aromatic carbocycles. The third-order valence-corrected chi connectivity index (χ3v) is 3.21. The number of hydrogen-bond donors (Lipinski definition) is 1. The van der Waals surface area contributed by atoms with Crippen LogP contribution < -0.4 is 20.3 Å². The average Bonchev–Trinajstić information content (AvgIpc) is 2.80. The van der Waals surface area contributed by atoms with Gasteiger partial charge in [0.05, 0.1) is 12.2 Å². The molecule has 2 aliphatic heterocycles. The summed E-state index contributed by atoms with van der Waals surface area (Å²) in [4.78, 5) is 19.3. The molecule has 0 fully saturated rings. The minimum Gasteiger partial charge on any atom is -0.482 e. The number of aliphatic imine (C=N–C) groups is 1. The molecule has 6 heteroatoms. The van der Waals surface area contributed by atoms with Crippen molar-refractivity contribution in [3.63, 3.8) is 0 Å². The van der Waals surface area contributed by atoms with Crippen LogP contribution in [-0.4, -0.2) is 38.6 Å². The summed E-state index contributed by atoms with van der Waals surface area (Å²) >= 11 is 0. The predicted molar refractivity (Wildman–Crippen MR) is 69.2 cm³/mol. The number of carbonyl (C=O) groups is 1. The van der Waals surface area contributed by atoms with Crippen molar-refractivity contribution in [2.75, 3.05) is 36.5 Å². The Morgan fingerprint density at radius 2 is 2.28 bits per heavy atom. The van der Waals surface area contributed by atoms with Gasteiger partial charge in [0.25, 0.3) is 5.91 Å². The molecule has 0 spiro atoms. The standard InChI is InChI=1S/C12H14N4O2/c1-15-9-6-8(16-5-4-14-12(16)13)2-3-10(9)18-7-11(15)17/h2-3,6H,4-5,7H2,1H3,(H2,13,14). The SMILES string of the molecule is CN1C(=O)COc2ccc(N3CCN=C3N)cc21. The molecule has 6 nitrogen and oxygen atoms in total. The lowest BCUT2D eigenvalue weighted by molar-refractivity contribution is -0.120. The summed E-state index contributed by atoms with van der Waals surface area (Å²) in [5.41, 5.74) is 7.51. The number of ether oxygens (including phenoxy) is 1. The van der Waals surface area contributed by atoms with Crippen molar-refractivity contribution >= 4 is 23.2 Å². The second-order valence-electron chi connectivity index (χ2n) is 4.29. The summed E-state index contributed by atoms with van der Waals surface area (Å²) in [6, 6.07) is 5.69. The summed E-state index contributed by atoms with van der Waals surface area (Å²) < 4.78 is 5.38. The second-order valence-corrected chi connectivity index (χ2v) is 4.29. The van der Waals surface area contributed by atoms with Crippen LogP contribution in [0.15, 0.2) is 23.2 Å². The number of benzene rings is 1. The van der Waals surface area contributed by atoms with Crippen molar-refractivity contribution in [1.82, 2.24) is 0 Å². The zero-order chi connectivity index (χ0) is 12.7. The van der Waals surface area contributed by atoms with Crippen molar-refractivity contribution in [2.45, 2.75) is 0 Å². The first-order chi connectivity index (χ1) is 8.66. The molecule has 0 radical (unpaired) electrons. The van der Waals surface area contributed by atoms with Crippen LogP contribution >= 0.6 is 0 Å². The predicted octanol–water partition coefficient (Wildman–Crippen LogP) is 0.176. The Bertz CT molecular complexity index is 541. The molecule has 1 aromatic rings. The molecule has 0 atom stereocenters. The van der Waals surface area contributed by atoms with Gasteiger partial charge in [0, 0.05) is 19.3 Å². The molecule has 0 saturated heterocycles. The van der Waals surface area contributed by atoms with Crippen LogP contribution in [0, 0.1) is 0 Å². The molecule has 2 aliphatic rings. The molecule has 3 rings (SSSR count). The molecule has 18 heavy (non-hydrogen) atoms. The summed E-state index contributed by atoms with van der Waals surface area (Å²) in [7, 11) is 1.74. The Kier molecular flexibility index (Phi) is 2.36. The van der Waals surface area contributed by atoms with Crippen molar-refractivity contribution in [2.24, 2.45) is 10.7 Å².